The first-order valence-corrected chi connectivity index (χ1v) is 12.5. The second kappa shape index (κ2) is 11.5. The monoisotopic (exact) mass is 551 g/mol. The van der Waals surface area contributed by atoms with Crippen LogP contribution in [0.5, 0.6) is 11.5 Å². The number of carboxylic acids is 1. The molecule has 0 bridgehead atoms. The maximum Gasteiger partial charge on any atom is 0.334 e. The van der Waals surface area contributed by atoms with Crippen molar-refractivity contribution in [3.63, 3.8) is 0 Å². The molecule has 9 unspecified atom stereocenters. The Balaban J connectivity index is 1.67. The maximum absolute atomic E-state index is 12.6. The average Bonchev–Trinajstić information content (AvgIpc) is 2.89. The molecular formula is C26H33NO12. The Morgan fingerprint density at radius 3 is 2.44 bits per heavy atom. The number of hydrogen-bond acceptors (Lipinski definition) is 11. The van der Waals surface area contributed by atoms with Gasteiger partial charge in [0.15, 0.2) is 17.8 Å². The number of ether oxygens (including phenoxy) is 3. The van der Waals surface area contributed by atoms with Crippen molar-refractivity contribution in [2.45, 2.75) is 62.8 Å². The fourth-order valence-corrected chi connectivity index (χ4v) is 5.52. The van der Waals surface area contributed by atoms with E-state index in [4.69, 9.17) is 14.2 Å². The molecule has 3 heterocycles. The lowest BCUT2D eigenvalue weighted by molar-refractivity contribution is -0.339. The summed E-state index contributed by atoms with van der Waals surface area (Å²) in [6.07, 6.45) is -6.18. The van der Waals surface area contributed by atoms with E-state index in [2.05, 4.69) is 6.58 Å². The molecule has 1 amide bonds. The van der Waals surface area contributed by atoms with Gasteiger partial charge in [-0.25, -0.2) is 4.79 Å². The van der Waals surface area contributed by atoms with Gasteiger partial charge in [0, 0.05) is 25.3 Å². The Hall–Kier alpha value is -3.20. The Bertz CT molecular complexity index is 1140. The molecule has 214 valence electrons. The highest BCUT2D eigenvalue weighted by Gasteiger charge is 2.48. The summed E-state index contributed by atoms with van der Waals surface area (Å²) >= 11 is 0. The Morgan fingerprint density at radius 1 is 1.13 bits per heavy atom. The third kappa shape index (κ3) is 5.46. The number of aliphatic carboxylic acids is 1. The van der Waals surface area contributed by atoms with Gasteiger partial charge in [-0.2, -0.15) is 0 Å². The highest BCUT2D eigenvalue weighted by Crippen LogP contribution is 2.45. The third-order valence-electron chi connectivity index (χ3n) is 7.62. The minimum absolute atomic E-state index is 0.0452. The van der Waals surface area contributed by atoms with Crippen LogP contribution in [0, 0.1) is 11.8 Å². The smallest absolute Gasteiger partial charge is 0.334 e. The molecule has 1 fully saturated rings. The van der Waals surface area contributed by atoms with E-state index in [0.29, 0.717) is 24.1 Å². The van der Waals surface area contributed by atoms with Gasteiger partial charge in [0.25, 0.3) is 0 Å². The zero-order chi connectivity index (χ0) is 28.6. The number of aliphatic hydroxyl groups excluding tert-OH is 4. The van der Waals surface area contributed by atoms with Gasteiger partial charge in [-0.15, -0.1) is 6.58 Å². The molecule has 0 saturated carbocycles. The molecule has 13 nitrogen and oxygen atoms in total. The minimum Gasteiger partial charge on any atom is -0.504 e. The number of benzene rings is 1. The molecule has 1 aromatic rings. The molecule has 1 saturated heterocycles. The fraction of sp³-hybridized carbons (Fsp3) is 0.538. The molecule has 0 radical (unpaired) electrons. The van der Waals surface area contributed by atoms with E-state index in [0.717, 1.165) is 6.26 Å². The van der Waals surface area contributed by atoms with Crippen LogP contribution in [0.2, 0.25) is 0 Å². The van der Waals surface area contributed by atoms with E-state index in [-0.39, 0.29) is 29.4 Å². The number of carbonyl (C=O) groups excluding carboxylic acids is 1. The lowest BCUT2D eigenvalue weighted by atomic mass is 9.76. The Kier molecular flexibility index (Phi) is 8.49. The number of nitrogens with zero attached hydrogens (tertiary/aromatic N) is 1. The summed E-state index contributed by atoms with van der Waals surface area (Å²) in [5.74, 6) is -3.95. The molecule has 4 rings (SSSR count). The Labute approximate surface area is 223 Å². The number of aromatic hydroxyl groups is 2. The Morgan fingerprint density at radius 2 is 1.82 bits per heavy atom. The molecule has 13 heteroatoms. The molecule has 3 aliphatic rings. The highest BCUT2D eigenvalue weighted by atomic mass is 16.8. The second-order valence-corrected chi connectivity index (χ2v) is 9.89. The van der Waals surface area contributed by atoms with Crippen LogP contribution >= 0.6 is 0 Å². The zero-order valence-corrected chi connectivity index (χ0v) is 21.2. The number of rotatable bonds is 7. The van der Waals surface area contributed by atoms with Gasteiger partial charge in [0.1, 0.15) is 24.4 Å². The summed E-state index contributed by atoms with van der Waals surface area (Å²) < 4.78 is 16.8. The van der Waals surface area contributed by atoms with Gasteiger partial charge in [0.2, 0.25) is 12.2 Å². The molecule has 9 atom stereocenters. The summed E-state index contributed by atoms with van der Waals surface area (Å²) in [6.45, 7) is 4.81. The molecule has 3 aliphatic heterocycles. The first-order chi connectivity index (χ1) is 18.5. The number of amides is 1. The van der Waals surface area contributed by atoms with Crippen LogP contribution in [0.3, 0.4) is 0 Å². The quantitative estimate of drug-likeness (QED) is 0.169. The topological polar surface area (TPSA) is 207 Å². The van der Waals surface area contributed by atoms with Crippen LogP contribution in [0.25, 0.3) is 0 Å². The summed E-state index contributed by atoms with van der Waals surface area (Å²) in [4.78, 5) is 26.3. The van der Waals surface area contributed by atoms with Crippen molar-refractivity contribution in [3.8, 4) is 11.5 Å². The zero-order valence-electron chi connectivity index (χ0n) is 21.2. The van der Waals surface area contributed by atoms with Crippen LogP contribution in [0.4, 0.5) is 0 Å². The summed E-state index contributed by atoms with van der Waals surface area (Å²) in [6, 6.07) is 2.10. The predicted molar refractivity (Wildman–Crippen MR) is 131 cm³/mol. The van der Waals surface area contributed by atoms with Crippen molar-refractivity contribution < 1.29 is 59.5 Å². The maximum atomic E-state index is 12.6. The minimum atomic E-state index is -1.71. The number of fused-ring (bicyclic) bond motifs is 1. The third-order valence-corrected chi connectivity index (χ3v) is 7.62. The normalized spacial score (nSPS) is 34.4. The van der Waals surface area contributed by atoms with Crippen molar-refractivity contribution in [1.29, 1.82) is 0 Å². The molecular weight excluding hydrogens is 518 g/mol. The standard InChI is InChI=1S/C26H33NO12/c1-3-13-15(7-17-14-8-19(31)18(30)6-12(14)4-5-27(17)11(2)29)16(24(35)36)10-37-25(13)39-26-23(34)22(33)21(32)20(9-28)38-26/h3,6,8,10,13,15,17,20-23,25-26,28,30-34H,1,4-5,7,9H2,2H3,(H,35,36). The van der Waals surface area contributed by atoms with Crippen molar-refractivity contribution >= 4 is 11.9 Å². The summed E-state index contributed by atoms with van der Waals surface area (Å²) in [5, 5.41) is 70.2. The lowest BCUT2D eigenvalue weighted by Gasteiger charge is -2.44. The van der Waals surface area contributed by atoms with Gasteiger partial charge >= 0.3 is 5.97 Å². The molecule has 39 heavy (non-hydrogen) atoms. The number of carboxylic acid groups (broad SMARTS) is 1. The number of carbonyl (C=O) groups is 2. The molecule has 0 aromatic heterocycles. The average molecular weight is 552 g/mol. The summed E-state index contributed by atoms with van der Waals surface area (Å²) in [7, 11) is 0. The van der Waals surface area contributed by atoms with E-state index in [9.17, 15) is 45.3 Å². The van der Waals surface area contributed by atoms with E-state index >= 15 is 0 Å². The summed E-state index contributed by atoms with van der Waals surface area (Å²) in [5.41, 5.74) is 1.12. The van der Waals surface area contributed by atoms with Gasteiger partial charge < -0.3 is 54.9 Å². The number of hydrogen-bond donors (Lipinski definition) is 7. The lowest BCUT2D eigenvalue weighted by Crippen LogP contribution is -2.60. The van der Waals surface area contributed by atoms with Crippen LogP contribution in [0.1, 0.15) is 30.5 Å². The number of phenols is 2. The van der Waals surface area contributed by atoms with E-state index in [1.54, 1.807) is 4.90 Å². The first kappa shape index (κ1) is 28.8. The number of phenolic OH excluding ortho intramolecular Hbond substituents is 2. The van der Waals surface area contributed by atoms with Crippen molar-refractivity contribution in [1.82, 2.24) is 4.90 Å². The first-order valence-electron chi connectivity index (χ1n) is 12.5. The van der Waals surface area contributed by atoms with E-state index < -0.39 is 67.4 Å². The van der Waals surface area contributed by atoms with Crippen molar-refractivity contribution in [3.05, 3.63) is 47.7 Å². The van der Waals surface area contributed by atoms with Crippen LogP contribution in [-0.2, 0) is 30.2 Å². The molecule has 7 N–H and O–H groups in total. The SMILES string of the molecule is C=CC1C(OC2OC(CO)C(O)C(O)C2O)OC=C(C(=O)O)C1CC1c2cc(O)c(O)cc2CCN1C(C)=O. The predicted octanol–water partition coefficient (Wildman–Crippen LogP) is -0.507. The van der Waals surface area contributed by atoms with Crippen LogP contribution in [0.15, 0.2) is 36.6 Å². The van der Waals surface area contributed by atoms with Gasteiger partial charge in [-0.1, -0.05) is 6.08 Å². The van der Waals surface area contributed by atoms with Crippen LogP contribution < -0.4 is 0 Å². The highest BCUT2D eigenvalue weighted by molar-refractivity contribution is 5.87. The second-order valence-electron chi connectivity index (χ2n) is 9.89. The number of aliphatic hydroxyl groups is 4. The van der Waals surface area contributed by atoms with Gasteiger partial charge in [0.05, 0.1) is 24.5 Å². The van der Waals surface area contributed by atoms with E-state index in [1.807, 2.05) is 0 Å². The largest absolute Gasteiger partial charge is 0.504 e. The van der Waals surface area contributed by atoms with E-state index in [1.165, 1.54) is 25.1 Å². The van der Waals surface area contributed by atoms with Gasteiger partial charge in [-0.05, 0) is 36.1 Å². The van der Waals surface area contributed by atoms with Gasteiger partial charge in [-0.3, -0.25) is 4.79 Å². The molecule has 1 aromatic carbocycles. The fourth-order valence-electron chi connectivity index (χ4n) is 5.52. The molecule has 0 aliphatic carbocycles. The van der Waals surface area contributed by atoms with Crippen molar-refractivity contribution in [2.75, 3.05) is 13.2 Å². The van der Waals surface area contributed by atoms with Crippen LogP contribution in [-0.4, -0.2) is 103 Å². The molecule has 0 spiro atoms. The van der Waals surface area contributed by atoms with Crippen molar-refractivity contribution in [2.24, 2.45) is 11.8 Å².